The van der Waals surface area contributed by atoms with Gasteiger partial charge in [0.05, 0.1) is 16.8 Å². The molecule has 76 valence electrons. The molecule has 0 fully saturated rings. The molecule has 13 heavy (non-hydrogen) atoms. The minimum Gasteiger partial charge on any atom is -0.374 e. The molecule has 0 aromatic rings. The Balaban J connectivity index is 4.42. The molecule has 0 aliphatic rings. The van der Waals surface area contributed by atoms with Gasteiger partial charge in [-0.15, -0.1) is 0 Å². The molecule has 1 unspecified atom stereocenters. The normalized spacial score (nSPS) is 13.8. The molecule has 0 rings (SSSR count). The largest absolute Gasteiger partial charge is 0.374 e. The van der Waals surface area contributed by atoms with E-state index in [9.17, 15) is 4.79 Å². The zero-order valence-corrected chi connectivity index (χ0v) is 10.4. The molecule has 0 amide bonds. The van der Waals surface area contributed by atoms with Crippen LogP contribution in [-0.4, -0.2) is 55.7 Å². The average Bonchev–Trinajstić information content (AvgIpc) is 2.18. The summed E-state index contributed by atoms with van der Waals surface area (Å²) in [6.07, 6.45) is 1.09. The minimum absolute atomic E-state index is 0.200. The van der Waals surface area contributed by atoms with E-state index in [4.69, 9.17) is 14.2 Å². The van der Waals surface area contributed by atoms with Crippen molar-refractivity contribution in [2.45, 2.75) is 11.5 Å². The highest BCUT2D eigenvalue weighted by Crippen LogP contribution is 2.14. The Kier molecular flexibility index (Phi) is 5.77. The molecule has 0 bridgehead atoms. The van der Waals surface area contributed by atoms with Crippen LogP contribution in [0.15, 0.2) is 4.99 Å². The van der Waals surface area contributed by atoms with Gasteiger partial charge in [0.25, 0.3) is 0 Å². The Hall–Kier alpha value is -0.523. The van der Waals surface area contributed by atoms with E-state index >= 15 is 0 Å². The van der Waals surface area contributed by atoms with E-state index in [1.165, 1.54) is 27.4 Å². The number of rotatable bonds is 6. The predicted molar refractivity (Wildman–Crippen MR) is 50.5 cm³/mol. The van der Waals surface area contributed by atoms with Gasteiger partial charge in [0.1, 0.15) is 6.10 Å². The third-order valence-corrected chi connectivity index (χ3v) is 3.46. The van der Waals surface area contributed by atoms with Crippen molar-refractivity contribution in [3.8, 4) is 0 Å². The maximum absolute atomic E-state index is 9.91. The second-order valence-corrected chi connectivity index (χ2v) is 3.97. The fourth-order valence-electron chi connectivity index (χ4n) is 0.921. The first-order valence-corrected chi connectivity index (χ1v) is 4.81. The highest BCUT2D eigenvalue weighted by atomic mass is 28.1. The summed E-state index contributed by atoms with van der Waals surface area (Å²) in [5, 5.41) is 0. The maximum Gasteiger partial charge on any atom is 0.235 e. The Morgan fingerprint density at radius 3 is 2.31 bits per heavy atom. The highest BCUT2D eigenvalue weighted by Gasteiger charge is 2.33. The Morgan fingerprint density at radius 1 is 1.46 bits per heavy atom. The lowest BCUT2D eigenvalue weighted by Crippen LogP contribution is -2.49. The van der Waals surface area contributed by atoms with Crippen LogP contribution in [0.2, 0.25) is 0 Å². The number of isocyanates is 1. The second-order valence-electron chi connectivity index (χ2n) is 2.58. The fourth-order valence-corrected chi connectivity index (χ4v) is 1.34. The summed E-state index contributed by atoms with van der Waals surface area (Å²) in [6, 6.07) is 0. The summed E-state index contributed by atoms with van der Waals surface area (Å²) in [7, 11) is 5.21. The predicted octanol–water partition coefficient (Wildman–Crippen LogP) is -1.35. The van der Waals surface area contributed by atoms with Crippen molar-refractivity contribution in [3.63, 3.8) is 0 Å². The summed E-state index contributed by atoms with van der Waals surface area (Å²) >= 11 is 0. The van der Waals surface area contributed by atoms with Crippen molar-refractivity contribution in [2.75, 3.05) is 27.9 Å². The number of aliphatic imine (C=N–C) groups is 1. The van der Waals surface area contributed by atoms with E-state index in [0.717, 1.165) is 0 Å². The minimum atomic E-state index is -0.755. The van der Waals surface area contributed by atoms with Crippen molar-refractivity contribution < 1.29 is 19.0 Å². The molecular weight excluding hydrogens is 190 g/mol. The molecular formula is C7H15NO4Si. The first-order chi connectivity index (χ1) is 6.14. The van der Waals surface area contributed by atoms with E-state index < -0.39 is 5.41 Å². The van der Waals surface area contributed by atoms with E-state index in [1.54, 1.807) is 0 Å². The highest BCUT2D eigenvalue weighted by molar-refractivity contribution is 6.13. The number of methoxy groups -OCH3 is 3. The van der Waals surface area contributed by atoms with Crippen LogP contribution in [0.5, 0.6) is 0 Å². The Labute approximate surface area is 80.5 Å². The quantitative estimate of drug-likeness (QED) is 0.233. The summed E-state index contributed by atoms with van der Waals surface area (Å²) < 4.78 is 15.4. The smallest absolute Gasteiger partial charge is 0.235 e. The standard InChI is InChI=1S/C7H15NO4Si/c1-10-6(4-8-5-9)7(13,11-2)12-3/h6H,4H2,1-3,13H3. The van der Waals surface area contributed by atoms with Crippen molar-refractivity contribution in [3.05, 3.63) is 0 Å². The van der Waals surface area contributed by atoms with Crippen LogP contribution < -0.4 is 0 Å². The lowest BCUT2D eigenvalue weighted by atomic mass is 10.3. The van der Waals surface area contributed by atoms with Crippen LogP contribution in [0, 0.1) is 0 Å². The van der Waals surface area contributed by atoms with Crippen LogP contribution in [0.25, 0.3) is 0 Å². The van der Waals surface area contributed by atoms with Crippen LogP contribution >= 0.6 is 0 Å². The first kappa shape index (κ1) is 12.5. The first-order valence-electron chi connectivity index (χ1n) is 3.81. The van der Waals surface area contributed by atoms with E-state index in [-0.39, 0.29) is 12.6 Å². The van der Waals surface area contributed by atoms with E-state index in [0.29, 0.717) is 10.2 Å². The average molecular weight is 205 g/mol. The summed E-state index contributed by atoms with van der Waals surface area (Å²) in [5.74, 6) is 0. The number of ether oxygens (including phenoxy) is 3. The van der Waals surface area contributed by atoms with Gasteiger partial charge in [-0.05, 0) is 0 Å². The fraction of sp³-hybridized carbons (Fsp3) is 0.857. The molecule has 0 aromatic carbocycles. The van der Waals surface area contributed by atoms with Crippen molar-refractivity contribution >= 4 is 16.3 Å². The number of hydrogen-bond acceptors (Lipinski definition) is 5. The van der Waals surface area contributed by atoms with Crippen LogP contribution in [0.1, 0.15) is 0 Å². The second kappa shape index (κ2) is 6.01. The molecule has 0 saturated carbocycles. The van der Waals surface area contributed by atoms with E-state index in [1.807, 2.05) is 0 Å². The number of nitrogens with zero attached hydrogens (tertiary/aromatic N) is 1. The molecule has 0 saturated heterocycles. The third kappa shape index (κ3) is 3.37. The van der Waals surface area contributed by atoms with Gasteiger partial charge >= 0.3 is 0 Å². The van der Waals surface area contributed by atoms with Crippen molar-refractivity contribution in [1.82, 2.24) is 0 Å². The molecule has 0 spiro atoms. The molecule has 5 nitrogen and oxygen atoms in total. The molecule has 0 aliphatic heterocycles. The van der Waals surface area contributed by atoms with Crippen LogP contribution in [0.3, 0.4) is 0 Å². The van der Waals surface area contributed by atoms with Gasteiger partial charge in [-0.25, -0.2) is 9.79 Å². The van der Waals surface area contributed by atoms with Gasteiger partial charge in [-0.1, -0.05) is 0 Å². The number of carbonyl (C=O) groups excluding carboxylic acids is 1. The molecule has 0 aliphatic carbocycles. The maximum atomic E-state index is 9.91. The lowest BCUT2D eigenvalue weighted by Gasteiger charge is -2.33. The van der Waals surface area contributed by atoms with Gasteiger partial charge in [-0.3, -0.25) is 0 Å². The van der Waals surface area contributed by atoms with Gasteiger partial charge in [0.2, 0.25) is 6.08 Å². The zero-order chi connectivity index (χ0) is 10.3. The number of hydrogen-bond donors (Lipinski definition) is 0. The van der Waals surface area contributed by atoms with Gasteiger partial charge in [-0.2, -0.15) is 0 Å². The summed E-state index contributed by atoms with van der Waals surface area (Å²) in [6.45, 7) is 0.200. The van der Waals surface area contributed by atoms with Gasteiger partial charge in [0.15, 0.2) is 5.41 Å². The van der Waals surface area contributed by atoms with Gasteiger partial charge in [0, 0.05) is 21.3 Å². The zero-order valence-electron chi connectivity index (χ0n) is 8.36. The molecule has 0 aromatic heterocycles. The molecule has 0 heterocycles. The molecule has 0 radical (unpaired) electrons. The Morgan fingerprint density at radius 2 is 2.00 bits per heavy atom. The molecule has 0 N–H and O–H groups in total. The van der Waals surface area contributed by atoms with Crippen LogP contribution in [0.4, 0.5) is 0 Å². The van der Waals surface area contributed by atoms with Crippen molar-refractivity contribution in [1.29, 1.82) is 0 Å². The molecule has 1 atom stereocenters. The van der Waals surface area contributed by atoms with Crippen LogP contribution in [-0.2, 0) is 19.0 Å². The lowest BCUT2D eigenvalue weighted by molar-refractivity contribution is -0.204. The third-order valence-electron chi connectivity index (χ3n) is 2.00. The van der Waals surface area contributed by atoms with Gasteiger partial charge < -0.3 is 14.2 Å². The SMILES string of the molecule is COC(CN=C=O)C([SiH3])(OC)OC. The molecule has 6 heteroatoms. The topological polar surface area (TPSA) is 57.1 Å². The summed E-state index contributed by atoms with van der Waals surface area (Å²) in [4.78, 5) is 13.3. The monoisotopic (exact) mass is 205 g/mol. The van der Waals surface area contributed by atoms with Crippen molar-refractivity contribution in [2.24, 2.45) is 4.99 Å². The Bertz CT molecular complexity index is 189. The summed E-state index contributed by atoms with van der Waals surface area (Å²) in [5.41, 5.74) is -0.755. The van der Waals surface area contributed by atoms with E-state index in [2.05, 4.69) is 4.99 Å².